The van der Waals surface area contributed by atoms with Crippen molar-refractivity contribution in [3.8, 4) is 11.5 Å². The summed E-state index contributed by atoms with van der Waals surface area (Å²) in [4.78, 5) is 0. The van der Waals surface area contributed by atoms with E-state index in [1.54, 1.807) is 14.2 Å². The summed E-state index contributed by atoms with van der Waals surface area (Å²) < 4.78 is 10.4. The molecule has 1 aromatic rings. The first-order valence-electron chi connectivity index (χ1n) is 4.99. The average molecular weight is 210 g/mol. The SMILES string of the molecule is COc1cc(CO)c(C(C)C)cc1OC. The zero-order valence-corrected chi connectivity index (χ0v) is 9.70. The maximum atomic E-state index is 9.25. The highest BCUT2D eigenvalue weighted by molar-refractivity contribution is 5.48. The normalized spacial score (nSPS) is 10.5. The Kier molecular flexibility index (Phi) is 3.97. The van der Waals surface area contributed by atoms with Gasteiger partial charge in [0.05, 0.1) is 20.8 Å². The van der Waals surface area contributed by atoms with Crippen LogP contribution in [0.1, 0.15) is 30.9 Å². The Morgan fingerprint density at radius 1 is 1.13 bits per heavy atom. The van der Waals surface area contributed by atoms with Crippen molar-refractivity contribution in [1.82, 2.24) is 0 Å². The fourth-order valence-electron chi connectivity index (χ4n) is 1.61. The number of aliphatic hydroxyl groups is 1. The smallest absolute Gasteiger partial charge is 0.161 e. The third-order valence-electron chi connectivity index (χ3n) is 2.44. The van der Waals surface area contributed by atoms with E-state index in [0.717, 1.165) is 11.1 Å². The van der Waals surface area contributed by atoms with Gasteiger partial charge in [0.15, 0.2) is 11.5 Å². The van der Waals surface area contributed by atoms with Gasteiger partial charge in [-0.3, -0.25) is 0 Å². The number of methoxy groups -OCH3 is 2. The lowest BCUT2D eigenvalue weighted by Gasteiger charge is -2.15. The lowest BCUT2D eigenvalue weighted by molar-refractivity contribution is 0.278. The minimum Gasteiger partial charge on any atom is -0.493 e. The van der Waals surface area contributed by atoms with Gasteiger partial charge in [0.1, 0.15) is 0 Å². The summed E-state index contributed by atoms with van der Waals surface area (Å²) in [7, 11) is 3.20. The summed E-state index contributed by atoms with van der Waals surface area (Å²) in [5, 5.41) is 9.25. The Morgan fingerprint density at radius 3 is 2.07 bits per heavy atom. The third kappa shape index (κ3) is 2.42. The topological polar surface area (TPSA) is 38.7 Å². The van der Waals surface area contributed by atoms with Crippen LogP contribution >= 0.6 is 0 Å². The summed E-state index contributed by atoms with van der Waals surface area (Å²) in [5.74, 6) is 1.72. The fourth-order valence-corrected chi connectivity index (χ4v) is 1.61. The number of rotatable bonds is 4. The van der Waals surface area contributed by atoms with Gasteiger partial charge in [-0.1, -0.05) is 13.8 Å². The molecule has 84 valence electrons. The van der Waals surface area contributed by atoms with Crippen LogP contribution in [0.25, 0.3) is 0 Å². The fraction of sp³-hybridized carbons (Fsp3) is 0.500. The lowest BCUT2D eigenvalue weighted by atomic mass is 9.97. The highest BCUT2D eigenvalue weighted by atomic mass is 16.5. The standard InChI is InChI=1S/C12H18O3/c1-8(2)10-6-12(15-4)11(14-3)5-9(10)7-13/h5-6,8,13H,7H2,1-4H3. The first-order valence-corrected chi connectivity index (χ1v) is 4.99. The Balaban J connectivity index is 3.27. The molecule has 0 atom stereocenters. The van der Waals surface area contributed by atoms with Crippen LogP contribution in [0.4, 0.5) is 0 Å². The van der Waals surface area contributed by atoms with Crippen molar-refractivity contribution in [2.45, 2.75) is 26.4 Å². The van der Waals surface area contributed by atoms with E-state index in [9.17, 15) is 5.11 Å². The van der Waals surface area contributed by atoms with Crippen molar-refractivity contribution in [1.29, 1.82) is 0 Å². The van der Waals surface area contributed by atoms with Gasteiger partial charge in [-0.15, -0.1) is 0 Å². The molecule has 1 rings (SSSR count). The molecule has 0 unspecified atom stereocenters. The van der Waals surface area contributed by atoms with Gasteiger partial charge in [0.2, 0.25) is 0 Å². The summed E-state index contributed by atoms with van der Waals surface area (Å²) in [5.41, 5.74) is 1.98. The van der Waals surface area contributed by atoms with Crippen molar-refractivity contribution < 1.29 is 14.6 Å². The molecule has 3 nitrogen and oxygen atoms in total. The average Bonchev–Trinajstić information content (AvgIpc) is 2.26. The van der Waals surface area contributed by atoms with Crippen LogP contribution in [0.3, 0.4) is 0 Å². The van der Waals surface area contributed by atoms with Gasteiger partial charge >= 0.3 is 0 Å². The number of ether oxygens (including phenoxy) is 2. The highest BCUT2D eigenvalue weighted by Crippen LogP contribution is 2.33. The number of hydrogen-bond donors (Lipinski definition) is 1. The molecule has 1 N–H and O–H groups in total. The minimum atomic E-state index is 0.0217. The van der Waals surface area contributed by atoms with Crippen LogP contribution in [0.2, 0.25) is 0 Å². The molecule has 0 heterocycles. The number of aliphatic hydroxyl groups excluding tert-OH is 1. The molecular formula is C12H18O3. The van der Waals surface area contributed by atoms with E-state index in [1.165, 1.54) is 0 Å². The van der Waals surface area contributed by atoms with Crippen LogP contribution < -0.4 is 9.47 Å². The van der Waals surface area contributed by atoms with Crippen molar-refractivity contribution in [2.75, 3.05) is 14.2 Å². The molecule has 0 aliphatic heterocycles. The zero-order chi connectivity index (χ0) is 11.4. The lowest BCUT2D eigenvalue weighted by Crippen LogP contribution is -2.00. The Hall–Kier alpha value is -1.22. The van der Waals surface area contributed by atoms with Crippen molar-refractivity contribution >= 4 is 0 Å². The number of hydrogen-bond acceptors (Lipinski definition) is 3. The third-order valence-corrected chi connectivity index (χ3v) is 2.44. The Bertz CT molecular complexity index is 332. The summed E-state index contributed by atoms with van der Waals surface area (Å²) >= 11 is 0. The Labute approximate surface area is 90.6 Å². The molecule has 1 aromatic carbocycles. The van der Waals surface area contributed by atoms with Crippen molar-refractivity contribution in [3.63, 3.8) is 0 Å². The van der Waals surface area contributed by atoms with E-state index in [2.05, 4.69) is 13.8 Å². The molecule has 3 heteroatoms. The maximum absolute atomic E-state index is 9.25. The van der Waals surface area contributed by atoms with E-state index in [0.29, 0.717) is 17.4 Å². The van der Waals surface area contributed by atoms with Crippen LogP contribution in [0.15, 0.2) is 12.1 Å². The molecule has 0 amide bonds. The molecule has 0 bridgehead atoms. The van der Waals surface area contributed by atoms with Crippen LogP contribution in [0, 0.1) is 0 Å². The zero-order valence-electron chi connectivity index (χ0n) is 9.70. The molecular weight excluding hydrogens is 192 g/mol. The second kappa shape index (κ2) is 5.03. The van der Waals surface area contributed by atoms with Gasteiger partial charge in [-0.25, -0.2) is 0 Å². The molecule has 0 aliphatic carbocycles. The first-order chi connectivity index (χ1) is 7.13. The van der Waals surface area contributed by atoms with Crippen LogP contribution in [0.5, 0.6) is 11.5 Å². The minimum absolute atomic E-state index is 0.0217. The van der Waals surface area contributed by atoms with Crippen LogP contribution in [-0.4, -0.2) is 19.3 Å². The molecule has 0 aliphatic rings. The van der Waals surface area contributed by atoms with E-state index in [4.69, 9.17) is 9.47 Å². The monoisotopic (exact) mass is 210 g/mol. The molecule has 15 heavy (non-hydrogen) atoms. The predicted octanol–water partition coefficient (Wildman–Crippen LogP) is 2.32. The second-order valence-corrected chi connectivity index (χ2v) is 3.72. The number of benzene rings is 1. The summed E-state index contributed by atoms with van der Waals surface area (Å²) in [6, 6.07) is 3.75. The van der Waals surface area contributed by atoms with E-state index >= 15 is 0 Å². The Morgan fingerprint density at radius 2 is 1.67 bits per heavy atom. The predicted molar refractivity (Wildman–Crippen MR) is 59.6 cm³/mol. The van der Waals surface area contributed by atoms with Gasteiger partial charge in [-0.2, -0.15) is 0 Å². The highest BCUT2D eigenvalue weighted by Gasteiger charge is 2.12. The molecule has 0 fully saturated rings. The van der Waals surface area contributed by atoms with Gasteiger partial charge in [0.25, 0.3) is 0 Å². The molecule has 0 radical (unpaired) electrons. The van der Waals surface area contributed by atoms with Gasteiger partial charge < -0.3 is 14.6 Å². The van der Waals surface area contributed by atoms with E-state index < -0.39 is 0 Å². The van der Waals surface area contributed by atoms with E-state index in [1.807, 2.05) is 12.1 Å². The molecule has 0 spiro atoms. The van der Waals surface area contributed by atoms with E-state index in [-0.39, 0.29) is 6.61 Å². The summed E-state index contributed by atoms with van der Waals surface area (Å²) in [6.45, 7) is 4.19. The molecule has 0 aromatic heterocycles. The van der Waals surface area contributed by atoms with Crippen LogP contribution in [-0.2, 0) is 6.61 Å². The molecule has 0 saturated heterocycles. The van der Waals surface area contributed by atoms with Crippen molar-refractivity contribution in [2.24, 2.45) is 0 Å². The maximum Gasteiger partial charge on any atom is 0.161 e. The van der Waals surface area contributed by atoms with Gasteiger partial charge in [0, 0.05) is 0 Å². The van der Waals surface area contributed by atoms with Crippen molar-refractivity contribution in [3.05, 3.63) is 23.3 Å². The second-order valence-electron chi connectivity index (χ2n) is 3.72. The largest absolute Gasteiger partial charge is 0.493 e. The van der Waals surface area contributed by atoms with Gasteiger partial charge in [-0.05, 0) is 29.2 Å². The molecule has 0 saturated carbocycles. The summed E-state index contributed by atoms with van der Waals surface area (Å²) in [6.07, 6.45) is 0. The quantitative estimate of drug-likeness (QED) is 0.828. The first kappa shape index (κ1) is 11.9.